The molecule has 2 atom stereocenters. The first-order chi connectivity index (χ1) is 7.84. The summed E-state index contributed by atoms with van der Waals surface area (Å²) >= 11 is 0. The number of aliphatic hydroxyl groups excluding tert-OH is 4. The van der Waals surface area contributed by atoms with Crippen LogP contribution < -0.4 is 0 Å². The summed E-state index contributed by atoms with van der Waals surface area (Å²) in [5, 5.41) is 42.8. The van der Waals surface area contributed by atoms with Crippen LogP contribution in [0.3, 0.4) is 0 Å². The van der Waals surface area contributed by atoms with Crippen LogP contribution in [0.5, 0.6) is 0 Å². The van der Waals surface area contributed by atoms with Crippen LogP contribution in [0.15, 0.2) is 11.5 Å². The van der Waals surface area contributed by atoms with Crippen LogP contribution in [0.25, 0.3) is 0 Å². The van der Waals surface area contributed by atoms with Crippen molar-refractivity contribution in [3.8, 4) is 0 Å². The number of hydrogen-bond acceptors (Lipinski definition) is 7. The zero-order valence-corrected chi connectivity index (χ0v) is 9.03. The number of ether oxygens (including phenoxy) is 1. The number of carboxylic acid groups (broad SMARTS) is 1. The summed E-state index contributed by atoms with van der Waals surface area (Å²) in [5.41, 5.74) is 0. The molecule has 0 saturated carbocycles. The molecule has 98 valence electrons. The van der Waals surface area contributed by atoms with E-state index in [-0.39, 0.29) is 6.42 Å². The van der Waals surface area contributed by atoms with Crippen LogP contribution in [0, 0.1) is 0 Å². The summed E-state index contributed by atoms with van der Waals surface area (Å²) in [6.07, 6.45) is -2.55. The van der Waals surface area contributed by atoms with Crippen molar-refractivity contribution in [1.82, 2.24) is 0 Å². The van der Waals surface area contributed by atoms with Gasteiger partial charge in [0.1, 0.15) is 6.10 Å². The summed E-state index contributed by atoms with van der Waals surface area (Å²) in [4.78, 5) is 19.9. The van der Waals surface area contributed by atoms with Gasteiger partial charge in [0.15, 0.2) is 11.9 Å². The van der Waals surface area contributed by atoms with E-state index < -0.39 is 42.3 Å². The van der Waals surface area contributed by atoms with E-state index >= 15 is 0 Å². The Hall–Kier alpha value is -1.80. The molecule has 0 amide bonds. The monoisotopic (exact) mass is 250 g/mol. The van der Waals surface area contributed by atoms with Crippen LogP contribution in [0.4, 0.5) is 0 Å². The molecule has 8 heteroatoms. The first-order valence-electron chi connectivity index (χ1n) is 4.68. The molecule has 8 nitrogen and oxygen atoms in total. The second-order valence-electron chi connectivity index (χ2n) is 3.06. The van der Waals surface area contributed by atoms with Gasteiger partial charge >= 0.3 is 11.9 Å². The van der Waals surface area contributed by atoms with E-state index in [2.05, 4.69) is 4.74 Å². The van der Waals surface area contributed by atoms with E-state index in [0.717, 1.165) is 0 Å². The lowest BCUT2D eigenvalue weighted by Crippen LogP contribution is -2.31. The molecule has 0 fully saturated rings. The molecule has 0 aliphatic carbocycles. The van der Waals surface area contributed by atoms with E-state index in [4.69, 9.17) is 25.5 Å². The average molecular weight is 250 g/mol. The zero-order valence-electron chi connectivity index (χ0n) is 9.03. The molecule has 0 saturated heterocycles. The summed E-state index contributed by atoms with van der Waals surface area (Å²) in [7, 11) is 0. The highest BCUT2D eigenvalue weighted by Gasteiger charge is 2.38. The molecule has 0 radical (unpaired) electrons. The molecule has 0 aromatic carbocycles. The lowest BCUT2D eigenvalue weighted by atomic mass is 10.2. The van der Waals surface area contributed by atoms with E-state index in [1.165, 1.54) is 0 Å². The number of carboxylic acids is 1. The third kappa shape index (κ3) is 4.29. The quantitative estimate of drug-likeness (QED) is 0.404. The Morgan fingerprint density at radius 3 is 2.18 bits per heavy atom. The Morgan fingerprint density at radius 1 is 1.47 bits per heavy atom. The number of hydrogen-bond donors (Lipinski definition) is 5. The molecule has 1 rings (SSSR count). The van der Waals surface area contributed by atoms with Gasteiger partial charge in [0.05, 0.1) is 6.61 Å². The zero-order chi connectivity index (χ0) is 13.6. The smallest absolute Gasteiger partial charge is 0.377 e. The number of aliphatic hydroxyl groups is 4. The molecule has 1 heterocycles. The van der Waals surface area contributed by atoms with Gasteiger partial charge < -0.3 is 30.3 Å². The maximum Gasteiger partial charge on any atom is 0.377 e. The van der Waals surface area contributed by atoms with E-state index in [1.54, 1.807) is 6.92 Å². The van der Waals surface area contributed by atoms with Gasteiger partial charge in [-0.2, -0.15) is 0 Å². The minimum absolute atomic E-state index is 0.222. The van der Waals surface area contributed by atoms with Crippen LogP contribution in [-0.2, 0) is 14.3 Å². The molecular formula is C9H14O8. The van der Waals surface area contributed by atoms with Crippen molar-refractivity contribution >= 4 is 11.9 Å². The molecule has 0 aromatic rings. The number of carbonyl (C=O) groups excluding carboxylic acids is 1. The number of rotatable bonds is 3. The summed E-state index contributed by atoms with van der Waals surface area (Å²) in [5.74, 6) is -3.52. The van der Waals surface area contributed by atoms with Gasteiger partial charge in [0.25, 0.3) is 0 Å². The normalized spacial score (nSPS) is 20.4. The molecule has 0 bridgehead atoms. The average Bonchev–Trinajstić information content (AvgIpc) is 2.56. The minimum Gasteiger partial charge on any atom is -0.505 e. The molecular weight excluding hydrogens is 236 g/mol. The second-order valence-corrected chi connectivity index (χ2v) is 3.06. The highest BCUT2D eigenvalue weighted by Crippen LogP contribution is 2.20. The molecule has 1 aliphatic rings. The highest BCUT2D eigenvalue weighted by molar-refractivity contribution is 5.89. The molecule has 5 N–H and O–H groups in total. The van der Waals surface area contributed by atoms with Crippen molar-refractivity contribution < 1.29 is 39.9 Å². The molecule has 1 aliphatic heterocycles. The fraction of sp³-hybridized carbons (Fsp3) is 0.556. The minimum atomic E-state index is -1.42. The van der Waals surface area contributed by atoms with Crippen LogP contribution in [0.1, 0.15) is 13.3 Å². The van der Waals surface area contributed by atoms with Gasteiger partial charge in [-0.25, -0.2) is 4.79 Å². The fourth-order valence-corrected chi connectivity index (χ4v) is 0.823. The first-order valence-corrected chi connectivity index (χ1v) is 4.68. The number of cyclic esters (lactones) is 1. The first kappa shape index (κ1) is 15.2. The van der Waals surface area contributed by atoms with Crippen molar-refractivity contribution in [2.24, 2.45) is 0 Å². The standard InChI is InChI=1S/C6H8O6.C3H6O2/c7-1-2(8)5-3(9)4(10)6(11)12-5;1-2-3(4)5/h2,5,7-10H,1H2;2H2,1H3,(H,4,5)/t2?,5-;/m1./s1. The Morgan fingerprint density at radius 2 is 1.94 bits per heavy atom. The predicted molar refractivity (Wildman–Crippen MR) is 53.2 cm³/mol. The van der Waals surface area contributed by atoms with Gasteiger partial charge in [-0.15, -0.1) is 0 Å². The van der Waals surface area contributed by atoms with Crippen LogP contribution in [0.2, 0.25) is 0 Å². The summed E-state index contributed by atoms with van der Waals surface area (Å²) < 4.78 is 4.32. The van der Waals surface area contributed by atoms with Crippen molar-refractivity contribution in [1.29, 1.82) is 0 Å². The topological polar surface area (TPSA) is 145 Å². The predicted octanol–water partition coefficient (Wildman–Crippen LogP) is -0.926. The van der Waals surface area contributed by atoms with Crippen molar-refractivity contribution in [2.45, 2.75) is 25.6 Å². The number of aliphatic carboxylic acids is 1. The van der Waals surface area contributed by atoms with Crippen LogP contribution >= 0.6 is 0 Å². The Bertz CT molecular complexity index is 321. The van der Waals surface area contributed by atoms with E-state index in [9.17, 15) is 9.59 Å². The van der Waals surface area contributed by atoms with Crippen molar-refractivity contribution in [3.63, 3.8) is 0 Å². The maximum absolute atomic E-state index is 10.5. The number of carbonyl (C=O) groups is 2. The molecule has 0 aromatic heterocycles. The SMILES string of the molecule is CCC(=O)O.O=C1O[C@H](C(O)CO)C(O)=C1O. The highest BCUT2D eigenvalue weighted by atomic mass is 16.6. The third-order valence-corrected chi connectivity index (χ3v) is 1.78. The molecule has 0 spiro atoms. The molecule has 1 unspecified atom stereocenters. The van der Waals surface area contributed by atoms with Crippen LogP contribution in [-0.4, -0.2) is 56.3 Å². The second kappa shape index (κ2) is 6.71. The van der Waals surface area contributed by atoms with Gasteiger partial charge in [-0.1, -0.05) is 6.92 Å². The lowest BCUT2D eigenvalue weighted by molar-refractivity contribution is -0.147. The van der Waals surface area contributed by atoms with Gasteiger partial charge in [-0.3, -0.25) is 4.79 Å². The van der Waals surface area contributed by atoms with Gasteiger partial charge in [0.2, 0.25) is 5.76 Å². The summed E-state index contributed by atoms with van der Waals surface area (Å²) in [6.45, 7) is 0.928. The lowest BCUT2D eigenvalue weighted by Gasteiger charge is -2.13. The number of esters is 1. The summed E-state index contributed by atoms with van der Waals surface area (Å²) in [6, 6.07) is 0. The maximum atomic E-state index is 10.5. The Labute approximate surface area is 96.4 Å². The van der Waals surface area contributed by atoms with Crippen molar-refractivity contribution in [3.05, 3.63) is 11.5 Å². The third-order valence-electron chi connectivity index (χ3n) is 1.78. The Kier molecular flexibility index (Phi) is 6.00. The van der Waals surface area contributed by atoms with E-state index in [0.29, 0.717) is 0 Å². The van der Waals surface area contributed by atoms with Gasteiger partial charge in [-0.05, 0) is 0 Å². The van der Waals surface area contributed by atoms with E-state index in [1.807, 2.05) is 0 Å². The van der Waals surface area contributed by atoms with Crippen molar-refractivity contribution in [2.75, 3.05) is 6.61 Å². The Balaban J connectivity index is 0.000000437. The molecule has 17 heavy (non-hydrogen) atoms. The largest absolute Gasteiger partial charge is 0.505 e. The fourth-order valence-electron chi connectivity index (χ4n) is 0.823. The van der Waals surface area contributed by atoms with Gasteiger partial charge in [0, 0.05) is 6.42 Å².